The fourth-order valence-electron chi connectivity index (χ4n) is 1.44. The summed E-state index contributed by atoms with van der Waals surface area (Å²) in [7, 11) is -1.35. The summed E-state index contributed by atoms with van der Waals surface area (Å²) in [5, 5.41) is 0.775. The quantitative estimate of drug-likeness (QED) is 0.753. The molecule has 0 saturated heterocycles. The molecular formula is C12H15Cl2NO3S. The summed E-state index contributed by atoms with van der Waals surface area (Å²) < 4.78 is 22.1. The molecule has 0 radical (unpaired) electrons. The molecule has 1 rings (SSSR count). The number of hydrogen-bond donors (Lipinski definition) is 0. The van der Waals surface area contributed by atoms with E-state index in [1.165, 1.54) is 6.07 Å². The number of carbonyl (C=O) groups is 1. The molecule has 7 heteroatoms. The molecule has 0 atom stereocenters. The minimum Gasteiger partial charge on any atom is -0.298 e. The van der Waals surface area contributed by atoms with Gasteiger partial charge in [0, 0.05) is 23.4 Å². The number of carbonyl (C=O) groups excluding carboxylic acids is 1. The largest absolute Gasteiger partial charge is 0.298 e. The molecule has 106 valence electrons. The van der Waals surface area contributed by atoms with E-state index in [1.54, 1.807) is 24.1 Å². The molecule has 4 nitrogen and oxygen atoms in total. The van der Waals surface area contributed by atoms with E-state index in [0.29, 0.717) is 22.2 Å². The fourth-order valence-corrected chi connectivity index (χ4v) is 2.48. The number of hydrogen-bond acceptors (Lipinski definition) is 4. The van der Waals surface area contributed by atoms with Crippen molar-refractivity contribution in [3.8, 4) is 0 Å². The van der Waals surface area contributed by atoms with Crippen LogP contribution in [-0.2, 0) is 9.84 Å². The fraction of sp³-hybridized carbons (Fsp3) is 0.417. The molecule has 0 aliphatic carbocycles. The van der Waals surface area contributed by atoms with Crippen molar-refractivity contribution in [2.45, 2.75) is 0 Å². The second kappa shape index (κ2) is 6.70. The lowest BCUT2D eigenvalue weighted by atomic mass is 10.1. The second-order valence-corrected chi connectivity index (χ2v) is 7.52. The zero-order valence-corrected chi connectivity index (χ0v) is 13.0. The van der Waals surface area contributed by atoms with Gasteiger partial charge in [-0.05, 0) is 25.2 Å². The summed E-state index contributed by atoms with van der Waals surface area (Å²) in [6, 6.07) is 4.68. The molecular weight excluding hydrogens is 309 g/mol. The molecule has 0 spiro atoms. The van der Waals surface area contributed by atoms with E-state index in [0.717, 1.165) is 6.26 Å². The van der Waals surface area contributed by atoms with Crippen LogP contribution in [0.15, 0.2) is 18.2 Å². The molecule has 0 N–H and O–H groups in total. The van der Waals surface area contributed by atoms with Gasteiger partial charge in [0.15, 0.2) is 5.78 Å². The summed E-state index contributed by atoms with van der Waals surface area (Å²) in [5.74, 6) is -0.177. The molecule has 0 aliphatic heterocycles. The van der Waals surface area contributed by atoms with E-state index in [-0.39, 0.29) is 18.1 Å². The Morgan fingerprint density at radius 1 is 1.32 bits per heavy atom. The van der Waals surface area contributed by atoms with Crippen molar-refractivity contribution in [3.05, 3.63) is 33.8 Å². The van der Waals surface area contributed by atoms with Gasteiger partial charge in [-0.2, -0.15) is 0 Å². The first-order valence-electron chi connectivity index (χ1n) is 5.53. The van der Waals surface area contributed by atoms with Crippen molar-refractivity contribution in [2.24, 2.45) is 0 Å². The maximum atomic E-state index is 12.0. The van der Waals surface area contributed by atoms with E-state index in [2.05, 4.69) is 0 Å². The summed E-state index contributed by atoms with van der Waals surface area (Å²) in [5.41, 5.74) is 0.348. The topological polar surface area (TPSA) is 54.5 Å². The van der Waals surface area contributed by atoms with Gasteiger partial charge in [0.2, 0.25) is 0 Å². The molecule has 0 aliphatic rings. The molecule has 1 aromatic rings. The third-order valence-electron chi connectivity index (χ3n) is 2.49. The van der Waals surface area contributed by atoms with Crippen LogP contribution in [0.1, 0.15) is 10.4 Å². The van der Waals surface area contributed by atoms with Crippen LogP contribution in [0.3, 0.4) is 0 Å². The molecule has 0 bridgehead atoms. The first-order valence-corrected chi connectivity index (χ1v) is 8.35. The molecule has 0 aromatic heterocycles. The Morgan fingerprint density at radius 2 is 1.95 bits per heavy atom. The van der Waals surface area contributed by atoms with Crippen LogP contribution < -0.4 is 0 Å². The van der Waals surface area contributed by atoms with Crippen LogP contribution in [0, 0.1) is 0 Å². The van der Waals surface area contributed by atoms with Crippen molar-refractivity contribution < 1.29 is 13.2 Å². The highest BCUT2D eigenvalue weighted by molar-refractivity contribution is 7.90. The summed E-state index contributed by atoms with van der Waals surface area (Å²) in [4.78, 5) is 13.7. The van der Waals surface area contributed by atoms with Crippen LogP contribution in [0.25, 0.3) is 0 Å². The summed E-state index contributed by atoms with van der Waals surface area (Å²) >= 11 is 11.7. The van der Waals surface area contributed by atoms with Crippen LogP contribution in [0.2, 0.25) is 10.0 Å². The number of ketones is 1. The Balaban J connectivity index is 2.66. The lowest BCUT2D eigenvalue weighted by Crippen LogP contribution is -2.30. The Labute approximate surface area is 123 Å². The van der Waals surface area contributed by atoms with Crippen molar-refractivity contribution in [2.75, 3.05) is 32.1 Å². The molecule has 1 aromatic carbocycles. The lowest BCUT2D eigenvalue weighted by molar-refractivity contribution is 0.0949. The van der Waals surface area contributed by atoms with Gasteiger partial charge in [-0.1, -0.05) is 23.2 Å². The SMILES string of the molecule is CN(CCS(C)(=O)=O)CC(=O)c1cc(Cl)ccc1Cl. The first-order chi connectivity index (χ1) is 8.69. The molecule has 19 heavy (non-hydrogen) atoms. The van der Waals surface area contributed by atoms with Crippen LogP contribution in [0.4, 0.5) is 0 Å². The van der Waals surface area contributed by atoms with Crippen molar-refractivity contribution in [1.29, 1.82) is 0 Å². The Kier molecular flexibility index (Phi) is 5.80. The maximum Gasteiger partial charge on any atom is 0.178 e. The summed E-state index contributed by atoms with van der Waals surface area (Å²) in [6.45, 7) is 0.387. The monoisotopic (exact) mass is 323 g/mol. The normalized spacial score (nSPS) is 11.8. The number of sulfone groups is 1. The number of benzene rings is 1. The molecule has 0 heterocycles. The average molecular weight is 324 g/mol. The van der Waals surface area contributed by atoms with Crippen LogP contribution in [0.5, 0.6) is 0 Å². The molecule has 0 saturated carbocycles. The van der Waals surface area contributed by atoms with Gasteiger partial charge < -0.3 is 0 Å². The van der Waals surface area contributed by atoms with Gasteiger partial charge in [0.05, 0.1) is 17.3 Å². The number of rotatable bonds is 6. The van der Waals surface area contributed by atoms with E-state index in [9.17, 15) is 13.2 Å². The minimum atomic E-state index is -3.03. The van der Waals surface area contributed by atoms with Crippen molar-refractivity contribution in [3.63, 3.8) is 0 Å². The third kappa shape index (κ3) is 5.91. The van der Waals surface area contributed by atoms with Crippen molar-refractivity contribution in [1.82, 2.24) is 4.90 Å². The lowest BCUT2D eigenvalue weighted by Gasteiger charge is -2.15. The molecule has 0 fully saturated rings. The standard InChI is InChI=1S/C12H15Cl2NO3S/c1-15(5-6-19(2,17)18)8-12(16)10-7-9(13)3-4-11(10)14/h3-4,7H,5-6,8H2,1-2H3. The smallest absolute Gasteiger partial charge is 0.178 e. The predicted octanol–water partition coefficient (Wildman–Crippen LogP) is 2.15. The van der Waals surface area contributed by atoms with E-state index in [4.69, 9.17) is 23.2 Å². The van der Waals surface area contributed by atoms with E-state index < -0.39 is 9.84 Å². The van der Waals surface area contributed by atoms with Gasteiger partial charge in [-0.3, -0.25) is 9.69 Å². The third-order valence-corrected chi connectivity index (χ3v) is 3.97. The van der Waals surface area contributed by atoms with Gasteiger partial charge >= 0.3 is 0 Å². The van der Waals surface area contributed by atoms with Gasteiger partial charge in [0.1, 0.15) is 9.84 Å². The Morgan fingerprint density at radius 3 is 2.53 bits per heavy atom. The number of halogens is 2. The van der Waals surface area contributed by atoms with Crippen LogP contribution in [-0.4, -0.2) is 51.2 Å². The zero-order chi connectivity index (χ0) is 14.6. The van der Waals surface area contributed by atoms with Gasteiger partial charge in [0.25, 0.3) is 0 Å². The number of Topliss-reactive ketones (excluding diaryl/α,β-unsaturated/α-hetero) is 1. The minimum absolute atomic E-state index is 0.0139. The van der Waals surface area contributed by atoms with Crippen LogP contribution >= 0.6 is 23.2 Å². The van der Waals surface area contributed by atoms with Gasteiger partial charge in [-0.25, -0.2) is 8.42 Å². The van der Waals surface area contributed by atoms with E-state index in [1.807, 2.05) is 0 Å². The highest BCUT2D eigenvalue weighted by atomic mass is 35.5. The van der Waals surface area contributed by atoms with Gasteiger partial charge in [-0.15, -0.1) is 0 Å². The maximum absolute atomic E-state index is 12.0. The number of likely N-dealkylation sites (N-methyl/N-ethyl adjacent to an activating group) is 1. The highest BCUT2D eigenvalue weighted by Crippen LogP contribution is 2.21. The Bertz CT molecular complexity index is 572. The predicted molar refractivity (Wildman–Crippen MR) is 78.0 cm³/mol. The highest BCUT2D eigenvalue weighted by Gasteiger charge is 2.14. The molecule has 0 unspecified atom stereocenters. The average Bonchev–Trinajstić information content (AvgIpc) is 2.28. The first kappa shape index (κ1) is 16.4. The second-order valence-electron chi connectivity index (χ2n) is 4.42. The zero-order valence-electron chi connectivity index (χ0n) is 10.7. The van der Waals surface area contributed by atoms with E-state index >= 15 is 0 Å². The Hall–Kier alpha value is -0.620. The molecule has 0 amide bonds. The summed E-state index contributed by atoms with van der Waals surface area (Å²) in [6.07, 6.45) is 1.16. The van der Waals surface area contributed by atoms with Crippen molar-refractivity contribution >= 4 is 38.8 Å². The number of nitrogens with zero attached hydrogens (tertiary/aromatic N) is 1.